The summed E-state index contributed by atoms with van der Waals surface area (Å²) < 4.78 is 5.58. The number of thiazole rings is 1. The molecule has 19 heavy (non-hydrogen) atoms. The van der Waals surface area contributed by atoms with E-state index in [-0.39, 0.29) is 0 Å². The second-order valence-corrected chi connectivity index (χ2v) is 5.64. The number of rotatable bonds is 7. The van der Waals surface area contributed by atoms with Crippen LogP contribution in [0.25, 0.3) is 0 Å². The van der Waals surface area contributed by atoms with Crippen molar-refractivity contribution in [3.63, 3.8) is 0 Å². The zero-order valence-electron chi connectivity index (χ0n) is 11.8. The van der Waals surface area contributed by atoms with Crippen LogP contribution < -0.4 is 5.32 Å². The molecule has 2 rings (SSSR count). The molecule has 0 spiro atoms. The first kappa shape index (κ1) is 14.2. The van der Waals surface area contributed by atoms with Crippen molar-refractivity contribution < 1.29 is 4.42 Å². The average molecular weight is 279 g/mol. The lowest BCUT2D eigenvalue weighted by atomic mass is 10.4. The Balaban J connectivity index is 1.84. The topological polar surface area (TPSA) is 41.3 Å². The molecule has 1 N–H and O–H groups in total. The first-order valence-electron chi connectivity index (χ1n) is 6.55. The number of nitrogens with zero attached hydrogens (tertiary/aromatic N) is 2. The molecule has 0 radical (unpaired) electrons. The molecule has 0 saturated heterocycles. The molecule has 2 aromatic heterocycles. The van der Waals surface area contributed by atoms with E-state index >= 15 is 0 Å². The average Bonchev–Trinajstić information content (AvgIpc) is 2.96. The van der Waals surface area contributed by atoms with Gasteiger partial charge in [-0.2, -0.15) is 0 Å². The van der Waals surface area contributed by atoms with Crippen LogP contribution in [-0.4, -0.2) is 23.5 Å². The van der Waals surface area contributed by atoms with Crippen molar-refractivity contribution in [2.75, 3.05) is 13.6 Å². The smallest absolute Gasteiger partial charge is 0.118 e. The van der Waals surface area contributed by atoms with Gasteiger partial charge in [0.25, 0.3) is 0 Å². The summed E-state index contributed by atoms with van der Waals surface area (Å²) in [6, 6.07) is 4.03. The van der Waals surface area contributed by atoms with Gasteiger partial charge < -0.3 is 9.73 Å². The number of aryl methyl sites for hydroxylation is 1. The molecule has 104 valence electrons. The van der Waals surface area contributed by atoms with E-state index in [1.54, 1.807) is 11.3 Å². The molecular formula is C14H21N3OS. The van der Waals surface area contributed by atoms with Crippen molar-refractivity contribution in [3.8, 4) is 0 Å². The highest BCUT2D eigenvalue weighted by Gasteiger charge is 2.07. The van der Waals surface area contributed by atoms with Crippen molar-refractivity contribution in [3.05, 3.63) is 39.7 Å². The van der Waals surface area contributed by atoms with Crippen molar-refractivity contribution in [1.82, 2.24) is 15.2 Å². The van der Waals surface area contributed by atoms with Gasteiger partial charge in [-0.3, -0.25) is 4.90 Å². The molecule has 0 saturated carbocycles. The Labute approximate surface area is 118 Å². The first-order chi connectivity index (χ1) is 9.17. The number of hydrogen-bond acceptors (Lipinski definition) is 5. The molecular weight excluding hydrogens is 258 g/mol. The zero-order chi connectivity index (χ0) is 13.7. The van der Waals surface area contributed by atoms with Gasteiger partial charge in [0.05, 0.1) is 12.2 Å². The van der Waals surface area contributed by atoms with Gasteiger partial charge in [-0.05, 0) is 32.6 Å². The minimum atomic E-state index is 0.813. The largest absolute Gasteiger partial charge is 0.465 e. The van der Waals surface area contributed by atoms with Crippen LogP contribution in [0.3, 0.4) is 0 Å². The fourth-order valence-electron chi connectivity index (χ4n) is 1.90. The van der Waals surface area contributed by atoms with Crippen LogP contribution in [0.5, 0.6) is 0 Å². The molecule has 2 heterocycles. The highest BCUT2D eigenvalue weighted by atomic mass is 32.1. The van der Waals surface area contributed by atoms with Crippen LogP contribution in [0, 0.1) is 6.92 Å². The quantitative estimate of drug-likeness (QED) is 0.846. The van der Waals surface area contributed by atoms with E-state index in [1.165, 1.54) is 0 Å². The molecule has 0 fully saturated rings. The third kappa shape index (κ3) is 4.45. The summed E-state index contributed by atoms with van der Waals surface area (Å²) in [4.78, 5) is 6.83. The highest BCUT2D eigenvalue weighted by Crippen LogP contribution is 2.14. The Morgan fingerprint density at radius 1 is 1.37 bits per heavy atom. The van der Waals surface area contributed by atoms with Crippen molar-refractivity contribution in [2.24, 2.45) is 0 Å². The van der Waals surface area contributed by atoms with Crippen LogP contribution in [0.2, 0.25) is 0 Å². The normalized spacial score (nSPS) is 11.4. The van der Waals surface area contributed by atoms with Crippen molar-refractivity contribution >= 4 is 11.3 Å². The van der Waals surface area contributed by atoms with Crippen LogP contribution in [-0.2, 0) is 19.6 Å². The maximum Gasteiger partial charge on any atom is 0.118 e. The number of furan rings is 1. The van der Waals surface area contributed by atoms with E-state index in [1.807, 2.05) is 19.1 Å². The minimum Gasteiger partial charge on any atom is -0.465 e. The van der Waals surface area contributed by atoms with Crippen LogP contribution in [0.15, 0.2) is 21.9 Å². The monoisotopic (exact) mass is 279 g/mol. The first-order valence-corrected chi connectivity index (χ1v) is 7.43. The summed E-state index contributed by atoms with van der Waals surface area (Å²) in [5.41, 5.74) is 1.13. The molecule has 0 aliphatic carbocycles. The van der Waals surface area contributed by atoms with Gasteiger partial charge in [0, 0.05) is 18.5 Å². The standard InChI is InChI=1S/C14H21N3OS/c1-4-15-7-14-16-12(10-19-14)8-17(3)9-13-6-5-11(2)18-13/h5-6,10,15H,4,7-9H2,1-3H3. The summed E-state index contributed by atoms with van der Waals surface area (Å²) in [7, 11) is 2.08. The van der Waals surface area contributed by atoms with Crippen LogP contribution >= 0.6 is 11.3 Å². The molecule has 2 aromatic rings. The lowest BCUT2D eigenvalue weighted by Crippen LogP contribution is -2.17. The number of hydrogen-bond donors (Lipinski definition) is 1. The SMILES string of the molecule is CCNCc1nc(CN(C)Cc2ccc(C)o2)cs1. The zero-order valence-corrected chi connectivity index (χ0v) is 12.6. The third-order valence-electron chi connectivity index (χ3n) is 2.78. The molecule has 0 unspecified atom stereocenters. The Hall–Kier alpha value is -1.17. The van der Waals surface area contributed by atoms with E-state index in [0.717, 1.165) is 48.4 Å². The Morgan fingerprint density at radius 3 is 2.89 bits per heavy atom. The van der Waals surface area contributed by atoms with E-state index in [4.69, 9.17) is 4.42 Å². The second-order valence-electron chi connectivity index (χ2n) is 4.70. The van der Waals surface area contributed by atoms with E-state index < -0.39 is 0 Å². The van der Waals surface area contributed by atoms with Crippen molar-refractivity contribution in [1.29, 1.82) is 0 Å². The molecule has 4 nitrogen and oxygen atoms in total. The van der Waals surface area contributed by atoms with Crippen LogP contribution in [0.4, 0.5) is 0 Å². The molecule has 0 bridgehead atoms. The van der Waals surface area contributed by atoms with Gasteiger partial charge >= 0.3 is 0 Å². The fraction of sp³-hybridized carbons (Fsp3) is 0.500. The van der Waals surface area contributed by atoms with Gasteiger partial charge in [-0.1, -0.05) is 6.92 Å². The van der Waals surface area contributed by atoms with Gasteiger partial charge in [-0.25, -0.2) is 4.98 Å². The van der Waals surface area contributed by atoms with Crippen molar-refractivity contribution in [2.45, 2.75) is 33.5 Å². The molecule has 5 heteroatoms. The van der Waals surface area contributed by atoms with Gasteiger partial charge in [0.15, 0.2) is 0 Å². The van der Waals surface area contributed by atoms with E-state index in [0.29, 0.717) is 0 Å². The van der Waals surface area contributed by atoms with Gasteiger partial charge in [0.2, 0.25) is 0 Å². The summed E-state index contributed by atoms with van der Waals surface area (Å²) in [6.45, 7) is 7.58. The predicted octanol–water partition coefficient (Wildman–Crippen LogP) is 2.79. The summed E-state index contributed by atoms with van der Waals surface area (Å²) in [5.74, 6) is 1.97. The Kier molecular flexibility index (Phi) is 5.13. The molecule has 0 aliphatic rings. The lowest BCUT2D eigenvalue weighted by molar-refractivity contribution is 0.282. The number of nitrogens with one attached hydrogen (secondary N) is 1. The molecule has 0 amide bonds. The minimum absolute atomic E-state index is 0.813. The molecule has 0 aliphatic heterocycles. The summed E-state index contributed by atoms with van der Waals surface area (Å²) in [5, 5.41) is 6.58. The van der Waals surface area contributed by atoms with Gasteiger partial charge in [-0.15, -0.1) is 11.3 Å². The molecule has 0 aromatic carbocycles. The maximum absolute atomic E-state index is 5.58. The maximum atomic E-state index is 5.58. The Bertz CT molecular complexity index is 506. The fourth-order valence-corrected chi connectivity index (χ4v) is 2.66. The van der Waals surface area contributed by atoms with E-state index in [2.05, 4.69) is 34.6 Å². The Morgan fingerprint density at radius 2 is 2.21 bits per heavy atom. The highest BCUT2D eigenvalue weighted by molar-refractivity contribution is 7.09. The van der Waals surface area contributed by atoms with Crippen LogP contribution in [0.1, 0.15) is 29.1 Å². The summed E-state index contributed by atoms with van der Waals surface area (Å²) in [6.07, 6.45) is 0. The molecule has 0 atom stereocenters. The lowest BCUT2D eigenvalue weighted by Gasteiger charge is -2.13. The third-order valence-corrected chi connectivity index (χ3v) is 3.68. The number of aromatic nitrogens is 1. The van der Waals surface area contributed by atoms with E-state index in [9.17, 15) is 0 Å². The predicted molar refractivity (Wildman–Crippen MR) is 78.1 cm³/mol. The summed E-state index contributed by atoms with van der Waals surface area (Å²) >= 11 is 1.72. The van der Waals surface area contributed by atoms with Gasteiger partial charge in [0.1, 0.15) is 16.5 Å². The second kappa shape index (κ2) is 6.84.